The van der Waals surface area contributed by atoms with Gasteiger partial charge in [-0.2, -0.15) is 0 Å². The van der Waals surface area contributed by atoms with Crippen LogP contribution >= 0.6 is 0 Å². The van der Waals surface area contributed by atoms with E-state index in [0.29, 0.717) is 0 Å². The van der Waals surface area contributed by atoms with Crippen molar-refractivity contribution in [3.05, 3.63) is 0 Å². The summed E-state index contributed by atoms with van der Waals surface area (Å²) >= 11 is 0. The van der Waals surface area contributed by atoms with Gasteiger partial charge in [0.05, 0.1) is 40.6 Å². The van der Waals surface area contributed by atoms with Gasteiger partial charge in [-0.05, 0) is 37.8 Å². The lowest BCUT2D eigenvalue weighted by molar-refractivity contribution is -0.222. The highest BCUT2D eigenvalue weighted by Gasteiger charge is 2.44. The first-order valence-corrected chi connectivity index (χ1v) is 21.4. The Balaban J connectivity index is 2.00. The second kappa shape index (κ2) is 15.7. The van der Waals surface area contributed by atoms with Crippen molar-refractivity contribution in [2.45, 2.75) is 165 Å². The van der Waals surface area contributed by atoms with Crippen LogP contribution in [-0.2, 0) is 14.2 Å². The molecule has 2 aliphatic carbocycles. The molecule has 0 aromatic rings. The molecular formula is C30H62O3Si2. The standard InChI is InChI=1S/C30H62O3Si2/c1-7-34(8-2,9-3)25-23-31-27-29(19-15-13-16-20-29)33-30(21-17-14-18-22-30)28-32-24-26-35(10-4,11-5)12-6/h7-28H2,1-6H3. The van der Waals surface area contributed by atoms with Gasteiger partial charge < -0.3 is 14.2 Å². The summed E-state index contributed by atoms with van der Waals surface area (Å²) in [7, 11) is -2.23. The molecule has 2 fully saturated rings. The van der Waals surface area contributed by atoms with E-state index in [9.17, 15) is 0 Å². The van der Waals surface area contributed by atoms with Gasteiger partial charge in [0.2, 0.25) is 0 Å². The van der Waals surface area contributed by atoms with Crippen molar-refractivity contribution in [1.29, 1.82) is 0 Å². The zero-order valence-corrected chi connectivity index (χ0v) is 26.8. The number of ether oxygens (including phenoxy) is 3. The van der Waals surface area contributed by atoms with Crippen molar-refractivity contribution in [1.82, 2.24) is 0 Å². The third-order valence-electron chi connectivity index (χ3n) is 10.7. The predicted molar refractivity (Wildman–Crippen MR) is 158 cm³/mol. The van der Waals surface area contributed by atoms with Gasteiger partial charge in [-0.3, -0.25) is 0 Å². The maximum absolute atomic E-state index is 7.30. The van der Waals surface area contributed by atoms with Gasteiger partial charge >= 0.3 is 0 Å². The van der Waals surface area contributed by atoms with Crippen molar-refractivity contribution < 1.29 is 14.2 Å². The van der Waals surface area contributed by atoms with Gasteiger partial charge in [-0.25, -0.2) is 0 Å². The van der Waals surface area contributed by atoms with Crippen LogP contribution in [0.25, 0.3) is 0 Å². The van der Waals surface area contributed by atoms with Gasteiger partial charge in [0.25, 0.3) is 0 Å². The molecule has 0 spiro atoms. The highest BCUT2D eigenvalue weighted by atomic mass is 28.3. The average molecular weight is 527 g/mol. The summed E-state index contributed by atoms with van der Waals surface area (Å²) in [6.07, 6.45) is 12.5. The van der Waals surface area contributed by atoms with Gasteiger partial charge in [-0.1, -0.05) is 116 Å². The minimum absolute atomic E-state index is 0.0808. The second-order valence-corrected chi connectivity index (χ2v) is 23.6. The molecule has 0 unspecified atom stereocenters. The molecule has 3 nitrogen and oxygen atoms in total. The highest BCUT2D eigenvalue weighted by Crippen LogP contribution is 2.42. The van der Waals surface area contributed by atoms with Crippen molar-refractivity contribution in [2.24, 2.45) is 0 Å². The minimum atomic E-state index is -1.12. The molecule has 2 rings (SSSR count). The molecular weight excluding hydrogens is 464 g/mol. The lowest BCUT2D eigenvalue weighted by Crippen LogP contribution is -2.52. The molecule has 0 radical (unpaired) electrons. The minimum Gasteiger partial charge on any atom is -0.379 e. The normalized spacial score (nSPS) is 20.7. The van der Waals surface area contributed by atoms with E-state index in [-0.39, 0.29) is 11.2 Å². The van der Waals surface area contributed by atoms with Crippen LogP contribution in [0.15, 0.2) is 0 Å². The van der Waals surface area contributed by atoms with E-state index >= 15 is 0 Å². The summed E-state index contributed by atoms with van der Waals surface area (Å²) in [6, 6.07) is 11.0. The van der Waals surface area contributed by atoms with E-state index < -0.39 is 16.1 Å². The van der Waals surface area contributed by atoms with Gasteiger partial charge in [0, 0.05) is 13.2 Å². The third-order valence-corrected chi connectivity index (χ3v) is 22.3. The van der Waals surface area contributed by atoms with Crippen LogP contribution in [0.5, 0.6) is 0 Å². The van der Waals surface area contributed by atoms with Crippen LogP contribution in [0.3, 0.4) is 0 Å². The lowest BCUT2D eigenvalue weighted by atomic mass is 9.81. The van der Waals surface area contributed by atoms with E-state index in [0.717, 1.165) is 26.4 Å². The van der Waals surface area contributed by atoms with Crippen LogP contribution < -0.4 is 0 Å². The molecule has 0 N–H and O–H groups in total. The maximum Gasteiger partial charge on any atom is 0.0923 e. The Morgan fingerprint density at radius 1 is 0.486 bits per heavy atom. The van der Waals surface area contributed by atoms with E-state index in [1.807, 2.05) is 0 Å². The van der Waals surface area contributed by atoms with Crippen molar-refractivity contribution in [3.63, 3.8) is 0 Å². The van der Waals surface area contributed by atoms with Gasteiger partial charge in [0.15, 0.2) is 0 Å². The Morgan fingerprint density at radius 2 is 0.800 bits per heavy atom. The first-order valence-electron chi connectivity index (χ1n) is 15.8. The number of rotatable bonds is 18. The fourth-order valence-electron chi connectivity index (χ4n) is 7.06. The Kier molecular flexibility index (Phi) is 14.1. The SMILES string of the molecule is CC[Si](CC)(CC)CCOCC1(OC2(COCC[Si](CC)(CC)CC)CCCCC2)CCCCC1. The number of hydrogen-bond acceptors (Lipinski definition) is 3. The predicted octanol–water partition coefficient (Wildman–Crippen LogP) is 9.46. The molecule has 0 aromatic carbocycles. The lowest BCUT2D eigenvalue weighted by Gasteiger charge is -2.47. The van der Waals surface area contributed by atoms with Crippen LogP contribution in [0.1, 0.15) is 106 Å². The summed E-state index contributed by atoms with van der Waals surface area (Å²) in [5.41, 5.74) is -0.162. The smallest absolute Gasteiger partial charge is 0.0923 e. The molecule has 0 amide bonds. The second-order valence-electron chi connectivity index (χ2n) is 12.3. The van der Waals surface area contributed by atoms with Crippen LogP contribution in [0.4, 0.5) is 0 Å². The Labute approximate surface area is 221 Å². The fourth-order valence-corrected chi connectivity index (χ4v) is 13.3. The molecule has 0 atom stereocenters. The quantitative estimate of drug-likeness (QED) is 0.131. The molecule has 35 heavy (non-hydrogen) atoms. The zero-order valence-electron chi connectivity index (χ0n) is 24.8. The molecule has 0 aliphatic heterocycles. The molecule has 2 aliphatic rings. The first-order chi connectivity index (χ1) is 16.9. The molecule has 0 aromatic heterocycles. The largest absolute Gasteiger partial charge is 0.379 e. The molecule has 208 valence electrons. The Bertz CT molecular complexity index is 483. The van der Waals surface area contributed by atoms with E-state index in [2.05, 4.69) is 41.5 Å². The molecule has 0 saturated heterocycles. The van der Waals surface area contributed by atoms with Crippen LogP contribution in [-0.4, -0.2) is 53.8 Å². The van der Waals surface area contributed by atoms with Crippen molar-refractivity contribution in [2.75, 3.05) is 26.4 Å². The molecule has 2 saturated carbocycles. The Hall–Kier alpha value is 0.314. The first kappa shape index (κ1) is 31.5. The van der Waals surface area contributed by atoms with Crippen LogP contribution in [0, 0.1) is 0 Å². The summed E-state index contributed by atoms with van der Waals surface area (Å²) in [5, 5.41) is 0. The molecule has 0 heterocycles. The van der Waals surface area contributed by atoms with E-state index in [1.54, 1.807) is 0 Å². The van der Waals surface area contributed by atoms with Gasteiger partial charge in [-0.15, -0.1) is 0 Å². The monoisotopic (exact) mass is 526 g/mol. The third kappa shape index (κ3) is 9.23. The number of hydrogen-bond donors (Lipinski definition) is 0. The highest BCUT2D eigenvalue weighted by molar-refractivity contribution is 6.80. The maximum atomic E-state index is 7.30. The summed E-state index contributed by atoms with van der Waals surface area (Å²) in [4.78, 5) is 0. The summed E-state index contributed by atoms with van der Waals surface area (Å²) in [5.74, 6) is 0. The molecule has 5 heteroatoms. The van der Waals surface area contributed by atoms with E-state index in [1.165, 1.54) is 113 Å². The Morgan fingerprint density at radius 3 is 1.09 bits per heavy atom. The van der Waals surface area contributed by atoms with E-state index in [4.69, 9.17) is 14.2 Å². The summed E-state index contributed by atoms with van der Waals surface area (Å²) in [6.45, 7) is 17.9. The molecule has 0 bridgehead atoms. The van der Waals surface area contributed by atoms with Crippen molar-refractivity contribution >= 4 is 16.1 Å². The van der Waals surface area contributed by atoms with Crippen molar-refractivity contribution in [3.8, 4) is 0 Å². The fraction of sp³-hybridized carbons (Fsp3) is 1.00. The van der Waals surface area contributed by atoms with Gasteiger partial charge in [0.1, 0.15) is 0 Å². The summed E-state index contributed by atoms with van der Waals surface area (Å²) < 4.78 is 20.3. The zero-order chi connectivity index (χ0) is 25.7. The van der Waals surface area contributed by atoms with Crippen LogP contribution in [0.2, 0.25) is 48.4 Å². The topological polar surface area (TPSA) is 27.7 Å². The average Bonchev–Trinajstić information content (AvgIpc) is 2.91.